The summed E-state index contributed by atoms with van der Waals surface area (Å²) in [5, 5.41) is 12.4. The number of nitrogens with zero attached hydrogens (tertiary/aromatic N) is 1. The van der Waals surface area contributed by atoms with Crippen LogP contribution in [0.2, 0.25) is 0 Å². The van der Waals surface area contributed by atoms with Gasteiger partial charge in [0.15, 0.2) is 0 Å². The van der Waals surface area contributed by atoms with Crippen molar-refractivity contribution < 1.29 is 9.72 Å². The average molecular weight is 144 g/mol. The van der Waals surface area contributed by atoms with Gasteiger partial charge in [-0.2, -0.15) is 0 Å². The smallest absolute Gasteiger partial charge is 0.230 e. The first kappa shape index (κ1) is 6.98. The normalized spacial score (nSPS) is 29.3. The van der Waals surface area contributed by atoms with Gasteiger partial charge in [0.1, 0.15) is 5.92 Å². The Morgan fingerprint density at radius 1 is 1.80 bits per heavy atom. The molecule has 0 aromatic heterocycles. The van der Waals surface area contributed by atoms with Crippen LogP contribution in [-0.4, -0.2) is 23.9 Å². The molecule has 0 aromatic carbocycles. The maximum Gasteiger partial charge on any atom is 0.230 e. The number of hydrogen-bond acceptors (Lipinski definition) is 3. The van der Waals surface area contributed by atoms with Gasteiger partial charge in [-0.15, -0.1) is 0 Å². The van der Waals surface area contributed by atoms with Gasteiger partial charge in [0.25, 0.3) is 0 Å². The second kappa shape index (κ2) is 2.24. The minimum Gasteiger partial charge on any atom is -0.359 e. The zero-order chi connectivity index (χ0) is 7.72. The molecule has 1 aliphatic rings. The number of carbonyl (C=O) groups excluding carboxylic acids is 1. The molecule has 0 aromatic rings. The summed E-state index contributed by atoms with van der Waals surface area (Å²) in [6, 6.07) is -0.625. The summed E-state index contributed by atoms with van der Waals surface area (Å²) in [6.45, 7) is 0. The van der Waals surface area contributed by atoms with Gasteiger partial charge < -0.3 is 5.32 Å². The monoisotopic (exact) mass is 144 g/mol. The molecule has 10 heavy (non-hydrogen) atoms. The number of hydrogen-bond donors (Lipinski definition) is 1. The Morgan fingerprint density at radius 2 is 2.40 bits per heavy atom. The van der Waals surface area contributed by atoms with Crippen LogP contribution in [0, 0.1) is 16.0 Å². The van der Waals surface area contributed by atoms with Crippen molar-refractivity contribution in [1.29, 1.82) is 0 Å². The van der Waals surface area contributed by atoms with Crippen LogP contribution in [0.3, 0.4) is 0 Å². The van der Waals surface area contributed by atoms with Crippen molar-refractivity contribution in [2.75, 3.05) is 7.05 Å². The van der Waals surface area contributed by atoms with Crippen LogP contribution >= 0.6 is 0 Å². The maximum atomic E-state index is 10.7. The third-order valence-corrected chi connectivity index (χ3v) is 1.61. The third-order valence-electron chi connectivity index (χ3n) is 1.61. The highest BCUT2D eigenvalue weighted by Gasteiger charge is 2.52. The molecule has 1 saturated carbocycles. The predicted molar refractivity (Wildman–Crippen MR) is 33.0 cm³/mol. The van der Waals surface area contributed by atoms with Gasteiger partial charge in [-0.3, -0.25) is 14.9 Å². The Balaban J connectivity index is 2.38. The molecule has 1 aliphatic carbocycles. The Labute approximate surface area is 57.6 Å². The van der Waals surface area contributed by atoms with Crippen molar-refractivity contribution in [3.8, 4) is 0 Å². The van der Waals surface area contributed by atoms with Crippen molar-refractivity contribution in [1.82, 2.24) is 5.32 Å². The quantitative estimate of drug-likeness (QED) is 0.415. The van der Waals surface area contributed by atoms with Gasteiger partial charge in [-0.25, -0.2) is 0 Å². The van der Waals surface area contributed by atoms with Crippen molar-refractivity contribution in [2.24, 2.45) is 5.92 Å². The molecule has 0 saturated heterocycles. The summed E-state index contributed by atoms with van der Waals surface area (Å²) in [4.78, 5) is 20.3. The van der Waals surface area contributed by atoms with E-state index in [0.29, 0.717) is 6.42 Å². The highest BCUT2D eigenvalue weighted by molar-refractivity contribution is 5.81. The highest BCUT2D eigenvalue weighted by atomic mass is 16.6. The summed E-state index contributed by atoms with van der Waals surface area (Å²) >= 11 is 0. The number of nitrogens with one attached hydrogen (secondary N) is 1. The topological polar surface area (TPSA) is 72.2 Å². The molecule has 1 amide bonds. The first-order valence-corrected chi connectivity index (χ1v) is 3.02. The molecular formula is C5H8N2O3. The van der Waals surface area contributed by atoms with Crippen LogP contribution in [0.15, 0.2) is 0 Å². The van der Waals surface area contributed by atoms with Crippen LogP contribution in [0.1, 0.15) is 6.42 Å². The number of nitro groups is 1. The third kappa shape index (κ3) is 1.07. The fraction of sp³-hybridized carbons (Fsp3) is 0.800. The molecule has 0 heterocycles. The molecule has 0 bridgehead atoms. The molecule has 0 spiro atoms. The van der Waals surface area contributed by atoms with Crippen molar-refractivity contribution in [3.63, 3.8) is 0 Å². The molecule has 5 nitrogen and oxygen atoms in total. The second-order valence-corrected chi connectivity index (χ2v) is 2.31. The summed E-state index contributed by atoms with van der Waals surface area (Å²) in [6.07, 6.45) is 0.396. The molecule has 2 atom stereocenters. The lowest BCUT2D eigenvalue weighted by Gasteiger charge is -1.91. The molecule has 56 valence electrons. The van der Waals surface area contributed by atoms with Crippen molar-refractivity contribution in [2.45, 2.75) is 12.5 Å². The number of rotatable bonds is 2. The van der Waals surface area contributed by atoms with Gasteiger partial charge in [0.2, 0.25) is 11.9 Å². The first-order valence-electron chi connectivity index (χ1n) is 3.02. The van der Waals surface area contributed by atoms with E-state index in [1.807, 2.05) is 0 Å². The zero-order valence-electron chi connectivity index (χ0n) is 5.53. The van der Waals surface area contributed by atoms with Gasteiger partial charge in [0, 0.05) is 18.4 Å². The first-order chi connectivity index (χ1) is 4.66. The van der Waals surface area contributed by atoms with Gasteiger partial charge in [0.05, 0.1) is 0 Å². The largest absolute Gasteiger partial charge is 0.359 e. The lowest BCUT2D eigenvalue weighted by atomic mass is 10.4. The zero-order valence-corrected chi connectivity index (χ0v) is 5.53. The van der Waals surface area contributed by atoms with E-state index in [-0.39, 0.29) is 11.8 Å². The average Bonchev–Trinajstić information content (AvgIpc) is 2.64. The van der Waals surface area contributed by atoms with Crippen LogP contribution in [-0.2, 0) is 4.79 Å². The lowest BCUT2D eigenvalue weighted by molar-refractivity contribution is -0.497. The van der Waals surface area contributed by atoms with Crippen LogP contribution in [0.4, 0.5) is 0 Å². The fourth-order valence-electron chi connectivity index (χ4n) is 0.882. The minimum atomic E-state index is -0.625. The van der Waals surface area contributed by atoms with Gasteiger partial charge in [-0.05, 0) is 0 Å². The number of amides is 1. The van der Waals surface area contributed by atoms with E-state index in [1.165, 1.54) is 7.05 Å². The summed E-state index contributed by atoms with van der Waals surface area (Å²) in [7, 11) is 1.48. The Morgan fingerprint density at radius 3 is 2.70 bits per heavy atom. The van der Waals surface area contributed by atoms with Crippen molar-refractivity contribution >= 4 is 5.91 Å². The van der Waals surface area contributed by atoms with E-state index in [0.717, 1.165) is 0 Å². The van der Waals surface area contributed by atoms with Crippen LogP contribution < -0.4 is 5.32 Å². The van der Waals surface area contributed by atoms with E-state index >= 15 is 0 Å². The molecule has 0 radical (unpaired) electrons. The summed E-state index contributed by atoms with van der Waals surface area (Å²) in [5.41, 5.74) is 0. The SMILES string of the molecule is CNC(=O)C1CC1[N+](=O)[O-]. The molecule has 0 aliphatic heterocycles. The van der Waals surface area contributed by atoms with Crippen LogP contribution in [0.5, 0.6) is 0 Å². The van der Waals surface area contributed by atoms with Gasteiger partial charge >= 0.3 is 0 Å². The molecular weight excluding hydrogens is 136 g/mol. The molecule has 1 fully saturated rings. The predicted octanol–water partition coefficient (Wildman–Crippen LogP) is -0.602. The Kier molecular flexibility index (Phi) is 1.57. The molecule has 1 N–H and O–H groups in total. The molecule has 1 rings (SSSR count). The summed E-state index contributed by atoms with van der Waals surface area (Å²) in [5.74, 6) is -0.596. The van der Waals surface area contributed by atoms with E-state index in [2.05, 4.69) is 5.32 Å². The molecule has 5 heteroatoms. The Hall–Kier alpha value is -1.13. The van der Waals surface area contributed by atoms with Gasteiger partial charge in [-0.1, -0.05) is 0 Å². The lowest BCUT2D eigenvalue weighted by Crippen LogP contribution is -2.22. The fourth-order valence-corrected chi connectivity index (χ4v) is 0.882. The van der Waals surface area contributed by atoms with E-state index in [9.17, 15) is 14.9 Å². The summed E-state index contributed by atoms with van der Waals surface area (Å²) < 4.78 is 0. The van der Waals surface area contributed by atoms with E-state index < -0.39 is 11.0 Å². The van der Waals surface area contributed by atoms with E-state index in [4.69, 9.17) is 0 Å². The highest BCUT2D eigenvalue weighted by Crippen LogP contribution is 2.32. The standard InChI is InChI=1S/C5H8N2O3/c1-6-5(8)3-2-4(3)7(9)10/h3-4H,2H2,1H3,(H,6,8). The van der Waals surface area contributed by atoms with Crippen molar-refractivity contribution in [3.05, 3.63) is 10.1 Å². The maximum absolute atomic E-state index is 10.7. The van der Waals surface area contributed by atoms with E-state index in [1.54, 1.807) is 0 Å². The number of carbonyl (C=O) groups is 1. The van der Waals surface area contributed by atoms with Crippen LogP contribution in [0.25, 0.3) is 0 Å². The second-order valence-electron chi connectivity index (χ2n) is 2.31. The molecule has 2 unspecified atom stereocenters. The minimum absolute atomic E-state index is 0.221. The Bertz CT molecular complexity index is 180.